The average Bonchev–Trinajstić information content (AvgIpc) is 1.84. The quantitative estimate of drug-likeness (QED) is 0.641. The molecule has 10 heavy (non-hydrogen) atoms. The molecule has 62 valence electrons. The summed E-state index contributed by atoms with van der Waals surface area (Å²) in [6, 6.07) is 0. The lowest BCUT2D eigenvalue weighted by Crippen LogP contribution is -2.44. The molecule has 0 aromatic carbocycles. The Bertz CT molecular complexity index is 89.3. The molecule has 0 aliphatic rings. The van der Waals surface area contributed by atoms with Gasteiger partial charge in [-0.25, -0.2) is 4.39 Å². The Kier molecular flexibility index (Phi) is 3.87. The first kappa shape index (κ1) is 9.89. The van der Waals surface area contributed by atoms with E-state index in [1.165, 1.54) is 0 Å². The van der Waals surface area contributed by atoms with Crippen LogP contribution in [0.2, 0.25) is 0 Å². The molecular formula is C8H18FN. The predicted molar refractivity (Wildman–Crippen MR) is 42.9 cm³/mol. The molecule has 1 N–H and O–H groups in total. The Balaban J connectivity index is 3.63. The van der Waals surface area contributed by atoms with Crippen molar-refractivity contribution in [1.82, 2.24) is 5.32 Å². The molecule has 0 fully saturated rings. The van der Waals surface area contributed by atoms with Crippen molar-refractivity contribution in [2.45, 2.75) is 33.2 Å². The largest absolute Gasteiger partial charge is 0.309 e. The van der Waals surface area contributed by atoms with Crippen molar-refractivity contribution < 1.29 is 4.39 Å². The van der Waals surface area contributed by atoms with Gasteiger partial charge in [-0.15, -0.1) is 0 Å². The Hall–Kier alpha value is -0.110. The van der Waals surface area contributed by atoms with Crippen molar-refractivity contribution in [1.29, 1.82) is 0 Å². The summed E-state index contributed by atoms with van der Waals surface area (Å²) in [5.74, 6) is 0.541. The van der Waals surface area contributed by atoms with Gasteiger partial charge in [-0.1, -0.05) is 13.8 Å². The van der Waals surface area contributed by atoms with Crippen LogP contribution in [-0.2, 0) is 0 Å². The van der Waals surface area contributed by atoms with Crippen LogP contribution >= 0.6 is 0 Å². The summed E-state index contributed by atoms with van der Waals surface area (Å²) in [5.41, 5.74) is 0.0616. The van der Waals surface area contributed by atoms with Gasteiger partial charge < -0.3 is 5.32 Å². The van der Waals surface area contributed by atoms with Crippen molar-refractivity contribution in [3.05, 3.63) is 0 Å². The molecule has 2 heteroatoms. The van der Waals surface area contributed by atoms with Crippen LogP contribution in [0.4, 0.5) is 4.39 Å². The van der Waals surface area contributed by atoms with Gasteiger partial charge in [0.25, 0.3) is 0 Å². The van der Waals surface area contributed by atoms with Gasteiger partial charge in [-0.05, 0) is 19.8 Å². The van der Waals surface area contributed by atoms with Crippen molar-refractivity contribution in [3.63, 3.8) is 0 Å². The Morgan fingerprint density at radius 2 is 1.90 bits per heavy atom. The van der Waals surface area contributed by atoms with Crippen molar-refractivity contribution >= 4 is 0 Å². The first-order valence-electron chi connectivity index (χ1n) is 3.81. The van der Waals surface area contributed by atoms with Gasteiger partial charge in [0.2, 0.25) is 0 Å². The fraction of sp³-hybridized carbons (Fsp3) is 1.00. The maximum Gasteiger partial charge on any atom is 0.102 e. The summed E-state index contributed by atoms with van der Waals surface area (Å²) in [7, 11) is 0. The molecule has 0 radical (unpaired) electrons. The third kappa shape index (κ3) is 3.16. The van der Waals surface area contributed by atoms with Crippen molar-refractivity contribution in [2.75, 3.05) is 13.2 Å². The molecule has 0 heterocycles. The molecule has 0 rings (SSSR count). The molecular weight excluding hydrogens is 129 g/mol. The lowest BCUT2D eigenvalue weighted by molar-refractivity contribution is 0.276. The second-order valence-corrected chi connectivity index (χ2v) is 3.49. The van der Waals surface area contributed by atoms with E-state index in [1.807, 2.05) is 0 Å². The third-order valence-electron chi connectivity index (χ3n) is 2.12. The molecule has 0 atom stereocenters. The maximum absolute atomic E-state index is 11.7. The second-order valence-electron chi connectivity index (χ2n) is 3.49. The van der Waals surface area contributed by atoms with Gasteiger partial charge >= 0.3 is 0 Å². The van der Waals surface area contributed by atoms with Gasteiger partial charge in [0.05, 0.1) is 0 Å². The minimum absolute atomic E-state index is 0.0616. The highest BCUT2D eigenvalue weighted by molar-refractivity contribution is 4.80. The topological polar surface area (TPSA) is 12.0 Å². The monoisotopic (exact) mass is 147 g/mol. The van der Waals surface area contributed by atoms with Crippen LogP contribution in [0.15, 0.2) is 0 Å². The van der Waals surface area contributed by atoms with Gasteiger partial charge in [0, 0.05) is 12.1 Å². The standard InChI is InChI=1S/C8H18FN/c1-7(2)8(3,4)10-6-5-9/h7,10H,5-6H2,1-4H3. The molecule has 0 saturated carbocycles. The summed E-state index contributed by atoms with van der Waals surface area (Å²) >= 11 is 0. The van der Waals surface area contributed by atoms with Crippen LogP contribution in [0.25, 0.3) is 0 Å². The number of hydrogen-bond donors (Lipinski definition) is 1. The van der Waals surface area contributed by atoms with Crippen molar-refractivity contribution in [2.24, 2.45) is 5.92 Å². The third-order valence-corrected chi connectivity index (χ3v) is 2.12. The number of rotatable bonds is 4. The highest BCUT2D eigenvalue weighted by Gasteiger charge is 2.20. The first-order chi connectivity index (χ1) is 4.50. The molecule has 0 unspecified atom stereocenters. The predicted octanol–water partition coefficient (Wildman–Crippen LogP) is 1.98. The van der Waals surface area contributed by atoms with Crippen LogP contribution in [-0.4, -0.2) is 18.8 Å². The highest BCUT2D eigenvalue weighted by Crippen LogP contribution is 2.14. The number of halogens is 1. The van der Waals surface area contributed by atoms with Crippen LogP contribution < -0.4 is 5.32 Å². The Labute approximate surface area is 63.0 Å². The zero-order valence-corrected chi connectivity index (χ0v) is 7.37. The first-order valence-corrected chi connectivity index (χ1v) is 3.81. The lowest BCUT2D eigenvalue weighted by Gasteiger charge is -2.30. The van der Waals surface area contributed by atoms with Gasteiger partial charge in [-0.3, -0.25) is 0 Å². The molecule has 0 bridgehead atoms. The molecule has 1 nitrogen and oxygen atoms in total. The molecule has 0 spiro atoms. The van der Waals surface area contributed by atoms with Gasteiger partial charge in [0.1, 0.15) is 6.67 Å². The Morgan fingerprint density at radius 3 is 2.20 bits per heavy atom. The number of nitrogens with one attached hydrogen (secondary N) is 1. The maximum atomic E-state index is 11.7. The van der Waals surface area contributed by atoms with E-state index in [-0.39, 0.29) is 12.2 Å². The minimum Gasteiger partial charge on any atom is -0.309 e. The van der Waals surface area contributed by atoms with Crippen LogP contribution in [0.5, 0.6) is 0 Å². The fourth-order valence-corrected chi connectivity index (χ4v) is 0.574. The zero-order chi connectivity index (χ0) is 8.20. The van der Waals surface area contributed by atoms with Gasteiger partial charge in [-0.2, -0.15) is 0 Å². The van der Waals surface area contributed by atoms with Crippen LogP contribution in [0.3, 0.4) is 0 Å². The zero-order valence-electron chi connectivity index (χ0n) is 7.37. The molecule has 0 aliphatic carbocycles. The van der Waals surface area contributed by atoms with E-state index in [2.05, 4.69) is 33.0 Å². The SMILES string of the molecule is CC(C)C(C)(C)NCCF. The summed E-state index contributed by atoms with van der Waals surface area (Å²) < 4.78 is 11.7. The average molecular weight is 147 g/mol. The minimum atomic E-state index is -0.282. The van der Waals surface area contributed by atoms with E-state index < -0.39 is 0 Å². The molecule has 0 aromatic heterocycles. The highest BCUT2D eigenvalue weighted by atomic mass is 19.1. The van der Waals surface area contributed by atoms with Crippen molar-refractivity contribution in [3.8, 4) is 0 Å². The number of alkyl halides is 1. The summed E-state index contributed by atoms with van der Waals surface area (Å²) in [5, 5.41) is 3.13. The summed E-state index contributed by atoms with van der Waals surface area (Å²) in [6.45, 7) is 8.62. The lowest BCUT2D eigenvalue weighted by atomic mass is 9.91. The molecule has 0 aliphatic heterocycles. The smallest absolute Gasteiger partial charge is 0.102 e. The molecule has 0 aromatic rings. The summed E-state index contributed by atoms with van der Waals surface area (Å²) in [4.78, 5) is 0. The van der Waals surface area contributed by atoms with E-state index in [1.54, 1.807) is 0 Å². The molecule has 0 amide bonds. The number of hydrogen-bond acceptors (Lipinski definition) is 1. The normalized spacial score (nSPS) is 12.6. The Morgan fingerprint density at radius 1 is 1.40 bits per heavy atom. The summed E-state index contributed by atoms with van der Waals surface area (Å²) in [6.07, 6.45) is 0. The molecule has 0 saturated heterocycles. The van der Waals surface area contributed by atoms with Crippen LogP contribution in [0, 0.1) is 5.92 Å². The van der Waals surface area contributed by atoms with Crippen LogP contribution in [0.1, 0.15) is 27.7 Å². The van der Waals surface area contributed by atoms with E-state index in [0.717, 1.165) is 0 Å². The van der Waals surface area contributed by atoms with E-state index in [4.69, 9.17) is 0 Å². The van der Waals surface area contributed by atoms with Gasteiger partial charge in [0.15, 0.2) is 0 Å². The fourth-order valence-electron chi connectivity index (χ4n) is 0.574. The van der Waals surface area contributed by atoms with E-state index in [0.29, 0.717) is 12.5 Å². The van der Waals surface area contributed by atoms with E-state index >= 15 is 0 Å². The second kappa shape index (κ2) is 3.91. The van der Waals surface area contributed by atoms with E-state index in [9.17, 15) is 4.39 Å².